The Kier molecular flexibility index (Phi) is 38.5. The summed E-state index contributed by atoms with van der Waals surface area (Å²) in [6, 6.07) is -0.845. The first-order valence-corrected chi connectivity index (χ1v) is 22.0. The zero-order valence-electron chi connectivity index (χ0n) is 35.1. The molecule has 3 amide bonds. The Bertz CT molecular complexity index is 972. The highest BCUT2D eigenvalue weighted by Gasteiger charge is 2.23. The Morgan fingerprint density at radius 1 is 0.491 bits per heavy atom. The van der Waals surface area contributed by atoms with E-state index in [0.29, 0.717) is 25.9 Å². The van der Waals surface area contributed by atoms with E-state index in [-0.39, 0.29) is 24.1 Å². The number of allylic oxidation sites excluding steroid dienone is 8. The highest BCUT2D eigenvalue weighted by molar-refractivity contribution is 5.92. The van der Waals surface area contributed by atoms with Crippen LogP contribution in [0.25, 0.3) is 0 Å². The van der Waals surface area contributed by atoms with Crippen molar-refractivity contribution in [1.29, 1.82) is 0 Å². The Morgan fingerprint density at radius 2 is 0.906 bits per heavy atom. The van der Waals surface area contributed by atoms with Crippen molar-refractivity contribution in [3.8, 4) is 0 Å². The van der Waals surface area contributed by atoms with Crippen LogP contribution in [0.15, 0.2) is 48.6 Å². The van der Waals surface area contributed by atoms with Crippen molar-refractivity contribution in [1.82, 2.24) is 20.9 Å². The Morgan fingerprint density at radius 3 is 1.36 bits per heavy atom. The summed E-state index contributed by atoms with van der Waals surface area (Å²) in [4.78, 5) is 40.5. The summed E-state index contributed by atoms with van der Waals surface area (Å²) in [5.41, 5.74) is 0. The molecule has 0 aliphatic heterocycles. The normalized spacial score (nSPS) is 12.5. The largest absolute Gasteiger partial charge is 0.356 e. The number of nitrogens with zero attached hydrogens (tertiary/aromatic N) is 1. The van der Waals surface area contributed by atoms with Gasteiger partial charge in [-0.3, -0.25) is 14.4 Å². The fourth-order valence-corrected chi connectivity index (χ4v) is 6.08. The van der Waals surface area contributed by atoms with Crippen molar-refractivity contribution in [2.45, 2.75) is 193 Å². The molecule has 0 spiro atoms. The molecule has 0 rings (SSSR count). The lowest BCUT2D eigenvalue weighted by Gasteiger charge is -2.19. The van der Waals surface area contributed by atoms with E-state index in [1.165, 1.54) is 96.3 Å². The molecule has 0 aromatic heterocycles. The molecule has 0 fully saturated rings. The van der Waals surface area contributed by atoms with Crippen LogP contribution >= 0.6 is 0 Å². The third-order valence-corrected chi connectivity index (χ3v) is 9.43. The first-order valence-electron chi connectivity index (χ1n) is 22.0. The van der Waals surface area contributed by atoms with Gasteiger partial charge < -0.3 is 20.9 Å². The average molecular weight is 741 g/mol. The molecule has 7 heteroatoms. The van der Waals surface area contributed by atoms with E-state index in [1.54, 1.807) is 0 Å². The third kappa shape index (κ3) is 38.9. The fourth-order valence-electron chi connectivity index (χ4n) is 6.08. The summed E-state index contributed by atoms with van der Waals surface area (Å²) in [7, 11) is 3.95. The lowest BCUT2D eigenvalue weighted by atomic mass is 10.1. The van der Waals surface area contributed by atoms with Crippen molar-refractivity contribution in [2.75, 3.05) is 33.7 Å². The van der Waals surface area contributed by atoms with Gasteiger partial charge in [-0.25, -0.2) is 0 Å². The molecule has 0 heterocycles. The lowest BCUT2D eigenvalue weighted by molar-refractivity contribution is -0.131. The molecule has 0 saturated heterocycles. The van der Waals surface area contributed by atoms with Crippen LogP contribution in [0.2, 0.25) is 0 Å². The minimum absolute atomic E-state index is 0.0306. The van der Waals surface area contributed by atoms with Gasteiger partial charge in [-0.15, -0.1) is 0 Å². The van der Waals surface area contributed by atoms with E-state index < -0.39 is 6.04 Å². The van der Waals surface area contributed by atoms with E-state index in [2.05, 4.69) is 78.4 Å². The number of hydrogen-bond donors (Lipinski definition) is 3. The van der Waals surface area contributed by atoms with Gasteiger partial charge in [-0.1, -0.05) is 140 Å². The highest BCUT2D eigenvalue weighted by Crippen LogP contribution is 2.10. The number of nitrogens with one attached hydrogen (secondary N) is 3. The maximum absolute atomic E-state index is 13.1. The van der Waals surface area contributed by atoms with E-state index in [4.69, 9.17) is 0 Å². The average Bonchev–Trinajstić information content (AvgIpc) is 3.13. The fraction of sp³-hybridized carbons (Fsp3) is 0.761. The lowest BCUT2D eigenvalue weighted by Crippen LogP contribution is -2.49. The van der Waals surface area contributed by atoms with Gasteiger partial charge in [0.2, 0.25) is 17.7 Å². The summed E-state index contributed by atoms with van der Waals surface area (Å²) < 4.78 is 0. The van der Waals surface area contributed by atoms with Gasteiger partial charge in [0.1, 0.15) is 6.04 Å². The standard InChI is InChI=1S/C46H84N4O3/c1-5-7-9-11-13-15-17-19-21-23-25-27-29-31-33-35-39-47-45(52)42-43(49-44(51)38-37-41-50(3)4)46(53)48-40-36-34-32-30-28-26-24-22-20-18-16-14-12-10-8-6-2/h13-16,19-22,43H,5-12,17-18,23-42H2,1-4H3,(H,47,52)(H,48,53)(H,49,51)/b15-13-,16-14-,21-19-,22-20-. The second kappa shape index (κ2) is 40.5. The quantitative estimate of drug-likeness (QED) is 0.0434. The van der Waals surface area contributed by atoms with E-state index in [1.807, 2.05) is 19.0 Å². The summed E-state index contributed by atoms with van der Waals surface area (Å²) in [5, 5.41) is 8.79. The number of carbonyl (C=O) groups is 3. The van der Waals surface area contributed by atoms with E-state index in [0.717, 1.165) is 64.3 Å². The molecule has 0 aliphatic carbocycles. The highest BCUT2D eigenvalue weighted by atomic mass is 16.2. The summed E-state index contributed by atoms with van der Waals surface area (Å²) in [6.07, 6.45) is 47.6. The molecule has 0 aliphatic rings. The first kappa shape index (κ1) is 50.3. The molecule has 1 atom stereocenters. The molecule has 53 heavy (non-hydrogen) atoms. The monoisotopic (exact) mass is 741 g/mol. The van der Waals surface area contributed by atoms with Gasteiger partial charge in [-0.2, -0.15) is 0 Å². The number of carbonyl (C=O) groups excluding carboxylic acids is 3. The number of amides is 3. The van der Waals surface area contributed by atoms with Gasteiger partial charge in [0.15, 0.2) is 0 Å². The number of unbranched alkanes of at least 4 members (excludes halogenated alkanes) is 18. The Hall–Kier alpha value is -2.67. The van der Waals surface area contributed by atoms with Crippen LogP contribution < -0.4 is 16.0 Å². The summed E-state index contributed by atoms with van der Waals surface area (Å²) in [5.74, 6) is -0.633. The predicted octanol–water partition coefficient (Wildman–Crippen LogP) is 11.1. The van der Waals surface area contributed by atoms with Gasteiger partial charge in [0.05, 0.1) is 6.42 Å². The van der Waals surface area contributed by atoms with E-state index >= 15 is 0 Å². The van der Waals surface area contributed by atoms with Crippen molar-refractivity contribution >= 4 is 17.7 Å². The Balaban J connectivity index is 4.20. The van der Waals surface area contributed by atoms with Crippen LogP contribution in [0.3, 0.4) is 0 Å². The van der Waals surface area contributed by atoms with Gasteiger partial charge in [0.25, 0.3) is 0 Å². The van der Waals surface area contributed by atoms with Crippen LogP contribution in [-0.2, 0) is 14.4 Å². The zero-order valence-corrected chi connectivity index (χ0v) is 35.1. The van der Waals surface area contributed by atoms with Gasteiger partial charge in [0, 0.05) is 19.5 Å². The molecule has 0 bridgehead atoms. The number of hydrogen-bond acceptors (Lipinski definition) is 4. The van der Waals surface area contributed by atoms with Crippen molar-refractivity contribution in [3.63, 3.8) is 0 Å². The van der Waals surface area contributed by atoms with Crippen LogP contribution in [-0.4, -0.2) is 62.4 Å². The maximum Gasteiger partial charge on any atom is 0.243 e. The maximum atomic E-state index is 13.1. The predicted molar refractivity (Wildman–Crippen MR) is 229 cm³/mol. The third-order valence-electron chi connectivity index (χ3n) is 9.43. The van der Waals surface area contributed by atoms with Crippen LogP contribution in [0, 0.1) is 0 Å². The molecule has 7 nitrogen and oxygen atoms in total. The van der Waals surface area contributed by atoms with Crippen molar-refractivity contribution in [3.05, 3.63) is 48.6 Å². The molecule has 0 saturated carbocycles. The van der Waals surface area contributed by atoms with Crippen molar-refractivity contribution in [2.24, 2.45) is 0 Å². The first-order chi connectivity index (χ1) is 25.9. The molecule has 0 aromatic rings. The second-order valence-corrected chi connectivity index (χ2v) is 15.0. The molecular formula is C46H84N4O3. The summed E-state index contributed by atoms with van der Waals surface area (Å²) in [6.45, 7) is 6.45. The number of rotatable bonds is 38. The molecule has 0 aromatic carbocycles. The molecular weight excluding hydrogens is 657 g/mol. The minimum atomic E-state index is -0.845. The van der Waals surface area contributed by atoms with Gasteiger partial charge in [-0.05, 0) is 104 Å². The van der Waals surface area contributed by atoms with E-state index in [9.17, 15) is 14.4 Å². The molecule has 0 radical (unpaired) electrons. The van der Waals surface area contributed by atoms with Crippen molar-refractivity contribution < 1.29 is 14.4 Å². The van der Waals surface area contributed by atoms with Gasteiger partial charge >= 0.3 is 0 Å². The molecule has 1 unspecified atom stereocenters. The second-order valence-electron chi connectivity index (χ2n) is 15.0. The topological polar surface area (TPSA) is 90.5 Å². The summed E-state index contributed by atoms with van der Waals surface area (Å²) >= 11 is 0. The Labute approximate surface area is 327 Å². The molecule has 306 valence electrons. The van der Waals surface area contributed by atoms with Crippen LogP contribution in [0.5, 0.6) is 0 Å². The molecule has 3 N–H and O–H groups in total. The zero-order chi connectivity index (χ0) is 38.9. The van der Waals surface area contributed by atoms with Crippen LogP contribution in [0.1, 0.15) is 187 Å². The smallest absolute Gasteiger partial charge is 0.243 e. The SMILES string of the molecule is CCCCC/C=C\C/C=C\CCCCCCCCNC(=O)CC(NC(=O)CCCN(C)C)C(=O)NCCCCCCCC/C=C\C/C=C\CCCCC. The minimum Gasteiger partial charge on any atom is -0.356 e. The van der Waals surface area contributed by atoms with Crippen LogP contribution in [0.4, 0.5) is 0 Å².